The number of hydrogen-bond acceptors (Lipinski definition) is 5. The molecule has 162 valence electrons. The van der Waals surface area contributed by atoms with Crippen molar-refractivity contribution in [3.05, 3.63) is 82.0 Å². The van der Waals surface area contributed by atoms with Crippen molar-refractivity contribution in [1.82, 2.24) is 0 Å². The lowest BCUT2D eigenvalue weighted by Gasteiger charge is -2.34. The molecule has 0 N–H and O–H groups in total. The zero-order chi connectivity index (χ0) is 22.4. The summed E-state index contributed by atoms with van der Waals surface area (Å²) in [6.07, 6.45) is -0.0993. The van der Waals surface area contributed by atoms with Crippen molar-refractivity contribution < 1.29 is 19.1 Å². The van der Waals surface area contributed by atoms with Gasteiger partial charge in [-0.1, -0.05) is 54.1 Å². The molecule has 1 aliphatic heterocycles. The number of ether oxygens (including phenoxy) is 2. The van der Waals surface area contributed by atoms with Gasteiger partial charge in [-0.05, 0) is 44.0 Å². The van der Waals surface area contributed by atoms with Crippen LogP contribution in [0.15, 0.2) is 70.9 Å². The minimum Gasteiger partial charge on any atom is -0.466 e. The fourth-order valence-electron chi connectivity index (χ4n) is 4.02. The lowest BCUT2D eigenvalue weighted by molar-refractivity contribution is -0.142. The van der Waals surface area contributed by atoms with E-state index in [1.807, 2.05) is 55.5 Å². The number of halogens is 1. The van der Waals surface area contributed by atoms with Crippen LogP contribution in [0.25, 0.3) is 0 Å². The summed E-state index contributed by atoms with van der Waals surface area (Å²) >= 11 is 6.31. The van der Waals surface area contributed by atoms with E-state index in [-0.39, 0.29) is 25.6 Å². The van der Waals surface area contributed by atoms with Crippen molar-refractivity contribution in [2.75, 3.05) is 13.2 Å². The first-order valence-electron chi connectivity index (χ1n) is 10.4. The molecule has 0 aromatic heterocycles. The van der Waals surface area contributed by atoms with Crippen molar-refractivity contribution in [2.24, 2.45) is 4.99 Å². The molecule has 0 radical (unpaired) electrons. The molecule has 1 heterocycles. The summed E-state index contributed by atoms with van der Waals surface area (Å²) in [6, 6.07) is 17.3. The zero-order valence-corrected chi connectivity index (χ0v) is 18.7. The third-order valence-electron chi connectivity index (χ3n) is 5.20. The normalized spacial score (nSPS) is 18.4. The second-order valence-corrected chi connectivity index (χ2v) is 7.67. The number of carbonyl (C=O) groups is 2. The number of benzene rings is 2. The fourth-order valence-corrected chi connectivity index (χ4v) is 4.22. The zero-order valence-electron chi connectivity index (χ0n) is 17.9. The standard InChI is InChI=1S/C25H26ClNO4/c1-4-30-21(28)15-20-24(25(29)31-5-2)23(18-12-9-13-19(26)14-18)22(16(3)27-20)17-10-7-6-8-11-17/h6-14,22-23H,4-5,15H2,1-3H3. The highest BCUT2D eigenvalue weighted by Gasteiger charge is 2.39. The van der Waals surface area contributed by atoms with Gasteiger partial charge in [0, 0.05) is 22.6 Å². The molecule has 0 saturated heterocycles. The maximum Gasteiger partial charge on any atom is 0.336 e. The summed E-state index contributed by atoms with van der Waals surface area (Å²) in [6.45, 7) is 5.89. The molecule has 2 aromatic rings. The molecule has 0 aliphatic carbocycles. The Morgan fingerprint density at radius 3 is 2.26 bits per heavy atom. The summed E-state index contributed by atoms with van der Waals surface area (Å²) in [4.78, 5) is 30.2. The summed E-state index contributed by atoms with van der Waals surface area (Å²) in [5, 5.41) is 0.569. The van der Waals surface area contributed by atoms with E-state index in [4.69, 9.17) is 26.1 Å². The molecule has 0 fully saturated rings. The third-order valence-corrected chi connectivity index (χ3v) is 5.43. The van der Waals surface area contributed by atoms with E-state index >= 15 is 0 Å². The molecule has 6 heteroatoms. The van der Waals surface area contributed by atoms with E-state index in [0.29, 0.717) is 16.3 Å². The van der Waals surface area contributed by atoms with Crippen molar-refractivity contribution in [2.45, 2.75) is 39.0 Å². The van der Waals surface area contributed by atoms with Crippen LogP contribution < -0.4 is 0 Å². The smallest absolute Gasteiger partial charge is 0.336 e. The third kappa shape index (κ3) is 5.23. The van der Waals surface area contributed by atoms with Crippen LogP contribution in [0.4, 0.5) is 0 Å². The van der Waals surface area contributed by atoms with Gasteiger partial charge in [-0.2, -0.15) is 0 Å². The molecule has 3 rings (SSSR count). The van der Waals surface area contributed by atoms with Gasteiger partial charge in [-0.15, -0.1) is 0 Å². The van der Waals surface area contributed by atoms with Crippen molar-refractivity contribution in [1.29, 1.82) is 0 Å². The van der Waals surface area contributed by atoms with Gasteiger partial charge < -0.3 is 9.47 Å². The first-order valence-corrected chi connectivity index (χ1v) is 10.7. The Kier molecular flexibility index (Phi) is 7.64. The topological polar surface area (TPSA) is 65.0 Å². The summed E-state index contributed by atoms with van der Waals surface area (Å²) in [5.74, 6) is -1.52. The lowest BCUT2D eigenvalue weighted by Crippen LogP contribution is -2.30. The molecule has 1 aliphatic rings. The van der Waals surface area contributed by atoms with Gasteiger partial charge in [0.25, 0.3) is 0 Å². The maximum absolute atomic E-state index is 13.2. The van der Waals surface area contributed by atoms with E-state index in [1.165, 1.54) is 0 Å². The monoisotopic (exact) mass is 439 g/mol. The summed E-state index contributed by atoms with van der Waals surface area (Å²) < 4.78 is 10.5. The first kappa shape index (κ1) is 22.8. The Labute approximate surface area is 187 Å². The molecule has 5 nitrogen and oxygen atoms in total. The highest BCUT2D eigenvalue weighted by molar-refractivity contribution is 6.30. The molecule has 2 aromatic carbocycles. The van der Waals surface area contributed by atoms with Gasteiger partial charge in [0.15, 0.2) is 0 Å². The average molecular weight is 440 g/mol. The number of hydrogen-bond donors (Lipinski definition) is 0. The Morgan fingerprint density at radius 1 is 0.935 bits per heavy atom. The molecule has 0 amide bonds. The summed E-state index contributed by atoms with van der Waals surface area (Å²) in [7, 11) is 0. The van der Waals surface area contributed by atoms with Gasteiger partial charge in [0.1, 0.15) is 0 Å². The van der Waals surface area contributed by atoms with Crippen molar-refractivity contribution in [3.8, 4) is 0 Å². The largest absolute Gasteiger partial charge is 0.466 e. The Morgan fingerprint density at radius 2 is 1.61 bits per heavy atom. The second-order valence-electron chi connectivity index (χ2n) is 7.24. The SMILES string of the molecule is CCOC(=O)CC1=C(C(=O)OCC)C(c2cccc(Cl)c2)C(c2ccccc2)C(C)=N1. The summed E-state index contributed by atoms with van der Waals surface area (Å²) in [5.41, 5.74) is 3.44. The van der Waals surface area contributed by atoms with Gasteiger partial charge >= 0.3 is 11.9 Å². The van der Waals surface area contributed by atoms with E-state index in [2.05, 4.69) is 0 Å². The molecular formula is C25H26ClNO4. The maximum atomic E-state index is 13.2. The molecule has 0 saturated carbocycles. The van der Waals surface area contributed by atoms with Crippen LogP contribution in [0.1, 0.15) is 50.2 Å². The van der Waals surface area contributed by atoms with E-state index in [9.17, 15) is 9.59 Å². The minimum atomic E-state index is -0.482. The number of aliphatic imine (C=N–C) groups is 1. The molecule has 0 spiro atoms. The highest BCUT2D eigenvalue weighted by Crippen LogP contribution is 2.45. The Balaban J connectivity index is 2.23. The van der Waals surface area contributed by atoms with Crippen LogP contribution in [-0.4, -0.2) is 30.9 Å². The van der Waals surface area contributed by atoms with Gasteiger partial charge in [0.05, 0.1) is 30.9 Å². The van der Waals surface area contributed by atoms with Gasteiger partial charge in [0.2, 0.25) is 0 Å². The van der Waals surface area contributed by atoms with Crippen LogP contribution in [-0.2, 0) is 19.1 Å². The van der Waals surface area contributed by atoms with E-state index in [1.54, 1.807) is 19.9 Å². The predicted molar refractivity (Wildman–Crippen MR) is 121 cm³/mol. The number of nitrogens with zero attached hydrogens (tertiary/aromatic N) is 1. The fraction of sp³-hybridized carbons (Fsp3) is 0.320. The van der Waals surface area contributed by atoms with Crippen molar-refractivity contribution >= 4 is 29.3 Å². The first-order chi connectivity index (χ1) is 15.0. The van der Waals surface area contributed by atoms with Gasteiger partial charge in [-0.3, -0.25) is 9.79 Å². The molecule has 0 bridgehead atoms. The van der Waals surface area contributed by atoms with Gasteiger partial charge in [-0.25, -0.2) is 4.79 Å². The minimum absolute atomic E-state index is 0.0993. The lowest BCUT2D eigenvalue weighted by atomic mass is 9.72. The number of rotatable bonds is 7. The second kappa shape index (κ2) is 10.4. The van der Waals surface area contributed by atoms with E-state index in [0.717, 1.165) is 16.8 Å². The Bertz CT molecular complexity index is 1010. The highest BCUT2D eigenvalue weighted by atomic mass is 35.5. The van der Waals surface area contributed by atoms with Crippen LogP contribution in [0, 0.1) is 0 Å². The molecule has 31 heavy (non-hydrogen) atoms. The molecular weight excluding hydrogens is 414 g/mol. The van der Waals surface area contributed by atoms with Crippen LogP contribution in [0.2, 0.25) is 5.02 Å². The van der Waals surface area contributed by atoms with Crippen LogP contribution >= 0.6 is 11.6 Å². The van der Waals surface area contributed by atoms with Crippen LogP contribution in [0.3, 0.4) is 0 Å². The number of esters is 2. The quantitative estimate of drug-likeness (QED) is 0.538. The molecule has 2 atom stereocenters. The molecule has 2 unspecified atom stereocenters. The van der Waals surface area contributed by atoms with E-state index < -0.39 is 17.9 Å². The number of carbonyl (C=O) groups excluding carboxylic acids is 2. The van der Waals surface area contributed by atoms with Crippen molar-refractivity contribution in [3.63, 3.8) is 0 Å². The predicted octanol–water partition coefficient (Wildman–Crippen LogP) is 5.45. The Hall–Kier alpha value is -2.92. The van der Waals surface area contributed by atoms with Crippen LogP contribution in [0.5, 0.6) is 0 Å². The average Bonchev–Trinajstić information content (AvgIpc) is 2.74.